The van der Waals surface area contributed by atoms with Gasteiger partial charge < -0.3 is 14.0 Å². The van der Waals surface area contributed by atoms with E-state index in [-0.39, 0.29) is 43.3 Å². The Morgan fingerprint density at radius 2 is 1.43 bits per heavy atom. The Kier molecular flexibility index (Phi) is 10.4. The van der Waals surface area contributed by atoms with E-state index in [0.717, 1.165) is 66.3 Å². The summed E-state index contributed by atoms with van der Waals surface area (Å²) in [5.74, 6) is 0.562. The number of furan rings is 1. The van der Waals surface area contributed by atoms with Gasteiger partial charge in [0.25, 0.3) is 0 Å². The van der Waals surface area contributed by atoms with E-state index >= 15 is 0 Å². The molecule has 1 radical (unpaired) electrons. The van der Waals surface area contributed by atoms with E-state index in [1.54, 1.807) is 24.4 Å². The smallest absolute Gasteiger partial charge is 0.121 e. The molecule has 0 spiro atoms. The maximum Gasteiger partial charge on any atom is 0.121 e. The zero-order chi connectivity index (χ0) is 45.0. The summed E-state index contributed by atoms with van der Waals surface area (Å²) in [7, 11) is 0. The summed E-state index contributed by atoms with van der Waals surface area (Å²) in [6.07, 6.45) is 1.70. The van der Waals surface area contributed by atoms with Crippen LogP contribution in [0.4, 0.5) is 4.39 Å². The van der Waals surface area contributed by atoms with Crippen molar-refractivity contribution >= 4 is 54.5 Å². The first kappa shape index (κ1) is 38.0. The number of aromatic nitrogens is 3. The zero-order valence-electron chi connectivity index (χ0n) is 38.2. The van der Waals surface area contributed by atoms with Crippen molar-refractivity contribution in [1.82, 2.24) is 14.5 Å². The van der Waals surface area contributed by atoms with Crippen molar-refractivity contribution in [2.75, 3.05) is 0 Å². The van der Waals surface area contributed by atoms with Gasteiger partial charge in [0.1, 0.15) is 5.58 Å². The molecule has 11 rings (SSSR count). The number of rotatable bonds is 6. The van der Waals surface area contributed by atoms with E-state index in [0.29, 0.717) is 28.0 Å². The monoisotopic (exact) mass is 1000 g/mol. The average Bonchev–Trinajstić information content (AvgIpc) is 3.89. The number of fused-ring (bicyclic) bond motifs is 7. The topological polar surface area (TPSA) is 43.9 Å². The fourth-order valence-electron chi connectivity index (χ4n) is 8.62. The van der Waals surface area contributed by atoms with Crippen LogP contribution in [-0.4, -0.2) is 14.5 Å². The number of hydrogen-bond donors (Lipinski definition) is 0. The molecule has 0 bridgehead atoms. The second kappa shape index (κ2) is 17.2. The Morgan fingerprint density at radius 1 is 0.667 bits per heavy atom. The molecule has 63 heavy (non-hydrogen) atoms. The van der Waals surface area contributed by atoms with Crippen molar-refractivity contribution in [3.63, 3.8) is 0 Å². The first-order valence-electron chi connectivity index (χ1n) is 22.5. The van der Waals surface area contributed by atoms with E-state index in [1.807, 2.05) is 42.5 Å². The number of hydrogen-bond acceptors (Lipinski definition) is 3. The predicted molar refractivity (Wildman–Crippen MR) is 254 cm³/mol. The number of pyridine rings is 1. The van der Waals surface area contributed by atoms with Crippen LogP contribution in [0, 0.1) is 24.8 Å². The second-order valence-electron chi connectivity index (χ2n) is 16.3. The van der Waals surface area contributed by atoms with Crippen LogP contribution in [0.1, 0.15) is 60.3 Å². The molecule has 0 amide bonds. The Hall–Kier alpha value is -6.72. The van der Waals surface area contributed by atoms with Gasteiger partial charge in [-0.05, 0) is 110 Å². The van der Waals surface area contributed by atoms with Gasteiger partial charge in [-0.25, -0.2) is 0 Å². The minimum atomic E-state index is -2.37. The number of nitrogens with zero attached hydrogens (tertiary/aromatic N) is 3. The number of halogens is 1. The van der Waals surface area contributed by atoms with Crippen molar-refractivity contribution in [2.45, 2.75) is 46.4 Å². The van der Waals surface area contributed by atoms with Gasteiger partial charge in [0.2, 0.25) is 0 Å². The molecule has 3 heterocycles. The average molecular weight is 1000 g/mol. The van der Waals surface area contributed by atoms with Crippen molar-refractivity contribution in [3.05, 3.63) is 199 Å². The minimum Gasteiger partial charge on any atom is -0.501 e. The maximum absolute atomic E-state index is 12.6. The number of imidazole rings is 1. The van der Waals surface area contributed by atoms with Gasteiger partial charge in [0.15, 0.2) is 0 Å². The number of benzene rings is 8. The molecule has 0 fully saturated rings. The van der Waals surface area contributed by atoms with Gasteiger partial charge in [-0.2, -0.15) is 0 Å². The molecule has 0 unspecified atom stereocenters. The molecule has 0 aliphatic carbocycles. The number of para-hydroxylation sites is 1. The number of aryl methyl sites for hydroxylation is 1. The van der Waals surface area contributed by atoms with Crippen molar-refractivity contribution in [1.29, 1.82) is 0 Å². The van der Waals surface area contributed by atoms with E-state index in [4.69, 9.17) is 13.5 Å². The fraction of sp³-hybridized carbons (Fsp3) is 0.123. The molecule has 6 heteroatoms. The van der Waals surface area contributed by atoms with Crippen LogP contribution in [-0.2, 0) is 20.1 Å². The third kappa shape index (κ3) is 7.64. The molecular weight excluding hydrogens is 954 g/mol. The van der Waals surface area contributed by atoms with E-state index in [2.05, 4.69) is 134 Å². The first-order chi connectivity index (χ1) is 31.4. The molecule has 0 N–H and O–H groups in total. The molecule has 11 aromatic rings. The zero-order valence-corrected chi connectivity index (χ0v) is 37.6. The van der Waals surface area contributed by atoms with Crippen LogP contribution in [0.3, 0.4) is 0 Å². The van der Waals surface area contributed by atoms with Crippen LogP contribution < -0.4 is 0 Å². The van der Waals surface area contributed by atoms with Crippen LogP contribution in [0.15, 0.2) is 168 Å². The Balaban J connectivity index is 0.000000337. The second-order valence-corrected chi connectivity index (χ2v) is 16.3. The maximum atomic E-state index is 12.6. The summed E-state index contributed by atoms with van der Waals surface area (Å²) in [6, 6.07) is 57.7. The molecule has 311 valence electrons. The SMILES string of the molecule is Fc1c[c-]c(-c2ccccn2)cc1.[2H]C([2H])([2H])c1cccc2nc(-c3[c-]ccc4c3oc3cc5c(ccc6ccccc65)cc34)n(-c3c(C(C)C)cc(-c4ccccc4)cc3C(C)C)c12.[Ir]. The minimum absolute atomic E-state index is 0. The molecule has 0 aliphatic rings. The summed E-state index contributed by atoms with van der Waals surface area (Å²) in [6.45, 7) is 6.42. The van der Waals surface area contributed by atoms with Crippen molar-refractivity contribution < 1.29 is 33.0 Å². The predicted octanol–water partition coefficient (Wildman–Crippen LogP) is 15.6. The van der Waals surface area contributed by atoms with Crippen molar-refractivity contribution in [2.24, 2.45) is 0 Å². The van der Waals surface area contributed by atoms with Gasteiger partial charge in [0, 0.05) is 47.3 Å². The van der Waals surface area contributed by atoms with Gasteiger partial charge >= 0.3 is 0 Å². The molecule has 4 nitrogen and oxygen atoms in total. The summed E-state index contributed by atoms with van der Waals surface area (Å²) in [5.41, 5.74) is 10.6. The van der Waals surface area contributed by atoms with E-state index < -0.39 is 6.85 Å². The Labute approximate surface area is 384 Å². The summed E-state index contributed by atoms with van der Waals surface area (Å²) in [5, 5.41) is 6.59. The van der Waals surface area contributed by atoms with Crippen LogP contribution >= 0.6 is 0 Å². The van der Waals surface area contributed by atoms with E-state index in [1.165, 1.54) is 22.9 Å². The Morgan fingerprint density at radius 3 is 2.16 bits per heavy atom. The summed E-state index contributed by atoms with van der Waals surface area (Å²) in [4.78, 5) is 9.38. The van der Waals surface area contributed by atoms with Crippen molar-refractivity contribution in [3.8, 4) is 39.5 Å². The molecule has 0 atom stereocenters. The molecule has 8 aromatic carbocycles. The van der Waals surface area contributed by atoms with Gasteiger partial charge in [-0.1, -0.05) is 130 Å². The summed E-state index contributed by atoms with van der Waals surface area (Å²) >= 11 is 0. The molecule has 0 aliphatic heterocycles. The largest absolute Gasteiger partial charge is 0.501 e. The normalized spacial score (nSPS) is 12.4. The van der Waals surface area contributed by atoms with E-state index in [9.17, 15) is 4.39 Å². The molecule has 0 saturated carbocycles. The van der Waals surface area contributed by atoms with Crippen LogP contribution in [0.2, 0.25) is 0 Å². The van der Waals surface area contributed by atoms with Gasteiger partial charge in [-0.15, -0.1) is 48.0 Å². The molecular formula is C57H44FIrN3O-2. The first-order valence-corrected chi connectivity index (χ1v) is 21.0. The fourth-order valence-corrected chi connectivity index (χ4v) is 8.62. The molecule has 3 aromatic heterocycles. The standard InChI is InChI=1S/C46H37N2O.C11H7FN.Ir/c1-27(2)37-24-33(30-14-7-6-8-15-30)25-38(28(3)4)44(37)48-43-29(5)13-11-20-41(43)47-46(48)36-19-12-18-35-40-23-32-22-21-31-16-9-10-17-34(31)39(32)26-42(40)49-45(35)36;12-10-6-4-9(5-7-10)11-3-1-2-8-13-11;/h6-18,20-28H,1-5H3;1-4,6-8H;/q2*-1;/i5D3;;. The Bertz CT molecular complexity index is 3520. The van der Waals surface area contributed by atoms with Crippen LogP contribution in [0.5, 0.6) is 0 Å². The summed E-state index contributed by atoms with van der Waals surface area (Å²) < 4.78 is 47.4. The quantitative estimate of drug-likeness (QED) is 0.123. The van der Waals surface area contributed by atoms with Crippen LogP contribution in [0.25, 0.3) is 94.0 Å². The van der Waals surface area contributed by atoms with Gasteiger partial charge in [-0.3, -0.25) is 9.37 Å². The third-order valence-corrected chi connectivity index (χ3v) is 11.7. The van der Waals surface area contributed by atoms with Gasteiger partial charge in [0.05, 0.1) is 22.4 Å². The third-order valence-electron chi connectivity index (χ3n) is 11.7. The molecule has 0 saturated heterocycles.